The van der Waals surface area contributed by atoms with E-state index < -0.39 is 41.7 Å². The first-order valence-corrected chi connectivity index (χ1v) is 8.45. The van der Waals surface area contributed by atoms with Gasteiger partial charge in [-0.15, -0.1) is 0 Å². The molecule has 0 spiro atoms. The molecule has 3 atom stereocenters. The van der Waals surface area contributed by atoms with Crippen LogP contribution in [0.2, 0.25) is 0 Å². The van der Waals surface area contributed by atoms with Crippen LogP contribution in [0.1, 0.15) is 37.6 Å². The molecule has 1 aromatic rings. The maximum Gasteiger partial charge on any atom is 0.407 e. The molecule has 0 bridgehead atoms. The third-order valence-corrected chi connectivity index (χ3v) is 3.89. The van der Waals surface area contributed by atoms with Crippen LogP contribution in [-0.2, 0) is 4.74 Å². The molecule has 0 aromatic heterocycles. The van der Waals surface area contributed by atoms with E-state index in [2.05, 4.69) is 5.32 Å². The average Bonchev–Trinajstić information content (AvgIpc) is 2.63. The Labute approximate surface area is 151 Å². The van der Waals surface area contributed by atoms with Crippen molar-refractivity contribution in [3.63, 3.8) is 0 Å². The van der Waals surface area contributed by atoms with Gasteiger partial charge in [0.25, 0.3) is 5.91 Å². The normalized spacial score (nSPS) is 23.9. The van der Waals surface area contributed by atoms with Gasteiger partial charge in [-0.25, -0.2) is 9.18 Å². The van der Waals surface area contributed by atoms with Gasteiger partial charge in [0.15, 0.2) is 0 Å². The molecule has 1 aromatic carbocycles. The van der Waals surface area contributed by atoms with Crippen LogP contribution < -0.4 is 5.32 Å². The fourth-order valence-corrected chi connectivity index (χ4v) is 2.79. The van der Waals surface area contributed by atoms with Gasteiger partial charge < -0.3 is 25.2 Å². The number of aliphatic hydroxyl groups excluding tert-OH is 2. The Morgan fingerprint density at radius 3 is 2.58 bits per heavy atom. The van der Waals surface area contributed by atoms with Gasteiger partial charge in [-0.1, -0.05) is 6.07 Å². The zero-order valence-electron chi connectivity index (χ0n) is 15.1. The van der Waals surface area contributed by atoms with Crippen LogP contribution in [-0.4, -0.2) is 64.1 Å². The lowest BCUT2D eigenvalue weighted by atomic mass is 10.1. The summed E-state index contributed by atoms with van der Waals surface area (Å²) in [4.78, 5) is 25.7. The molecule has 7 nitrogen and oxygen atoms in total. The number of aliphatic hydroxyl groups is 2. The smallest absolute Gasteiger partial charge is 0.407 e. The van der Waals surface area contributed by atoms with Gasteiger partial charge in [-0.2, -0.15) is 0 Å². The molecule has 1 saturated heterocycles. The van der Waals surface area contributed by atoms with Gasteiger partial charge in [0, 0.05) is 18.7 Å². The number of alkyl carbamates (subject to hydrolysis) is 1. The highest BCUT2D eigenvalue weighted by Crippen LogP contribution is 2.17. The number of nitrogens with zero attached hydrogens (tertiary/aromatic N) is 1. The van der Waals surface area contributed by atoms with Crippen molar-refractivity contribution in [2.24, 2.45) is 0 Å². The summed E-state index contributed by atoms with van der Waals surface area (Å²) in [5, 5.41) is 23.1. The lowest BCUT2D eigenvalue weighted by Crippen LogP contribution is -2.48. The second-order valence-corrected chi connectivity index (χ2v) is 7.43. The van der Waals surface area contributed by atoms with E-state index in [-0.39, 0.29) is 25.1 Å². The topological polar surface area (TPSA) is 99.1 Å². The minimum Gasteiger partial charge on any atom is -0.444 e. The van der Waals surface area contributed by atoms with E-state index in [1.165, 1.54) is 23.1 Å². The molecular formula is C18H25FN2O5. The Balaban J connectivity index is 2.07. The van der Waals surface area contributed by atoms with E-state index >= 15 is 0 Å². The number of carbonyl (C=O) groups excluding carboxylic acids is 2. The van der Waals surface area contributed by atoms with E-state index in [4.69, 9.17) is 4.74 Å². The summed E-state index contributed by atoms with van der Waals surface area (Å²) in [5.74, 6) is -1.04. The zero-order chi connectivity index (χ0) is 19.5. The molecule has 144 valence electrons. The lowest BCUT2D eigenvalue weighted by molar-refractivity contribution is 0.0383. The number of ether oxygens (including phenoxy) is 1. The third-order valence-electron chi connectivity index (χ3n) is 3.89. The quantitative estimate of drug-likeness (QED) is 0.731. The number of halogens is 1. The molecule has 0 radical (unpaired) electrons. The molecule has 2 amide bonds. The predicted molar refractivity (Wildman–Crippen MR) is 92.1 cm³/mol. The van der Waals surface area contributed by atoms with Crippen LogP contribution in [0, 0.1) is 5.82 Å². The van der Waals surface area contributed by atoms with E-state index in [1.54, 1.807) is 20.8 Å². The number of hydrogen-bond donors (Lipinski definition) is 3. The Kier molecular flexibility index (Phi) is 6.20. The number of carbonyl (C=O) groups is 2. The summed E-state index contributed by atoms with van der Waals surface area (Å²) in [6.45, 7) is 5.00. The van der Waals surface area contributed by atoms with E-state index in [1.807, 2.05) is 0 Å². The fraction of sp³-hybridized carbons (Fsp3) is 0.556. The molecule has 1 aliphatic heterocycles. The number of benzene rings is 1. The highest BCUT2D eigenvalue weighted by atomic mass is 19.1. The van der Waals surface area contributed by atoms with Crippen LogP contribution in [0.25, 0.3) is 0 Å². The molecule has 1 heterocycles. The van der Waals surface area contributed by atoms with E-state index in [0.29, 0.717) is 0 Å². The monoisotopic (exact) mass is 368 g/mol. The van der Waals surface area contributed by atoms with Crippen molar-refractivity contribution < 1.29 is 28.9 Å². The molecule has 0 aliphatic carbocycles. The minimum absolute atomic E-state index is 0.0289. The van der Waals surface area contributed by atoms with Crippen molar-refractivity contribution in [1.82, 2.24) is 10.2 Å². The molecular weight excluding hydrogens is 343 g/mol. The maximum absolute atomic E-state index is 13.3. The van der Waals surface area contributed by atoms with Gasteiger partial charge in [-0.05, 0) is 45.4 Å². The summed E-state index contributed by atoms with van der Waals surface area (Å²) in [6.07, 6.45) is -2.70. The minimum atomic E-state index is -1.10. The van der Waals surface area contributed by atoms with Crippen LogP contribution in [0.5, 0.6) is 0 Å². The van der Waals surface area contributed by atoms with Gasteiger partial charge in [0.05, 0.1) is 18.2 Å². The Bertz CT molecular complexity index is 661. The molecule has 3 N–H and O–H groups in total. The highest BCUT2D eigenvalue weighted by molar-refractivity contribution is 5.94. The van der Waals surface area contributed by atoms with Gasteiger partial charge >= 0.3 is 6.09 Å². The predicted octanol–water partition coefficient (Wildman–Crippen LogP) is 1.29. The second kappa shape index (κ2) is 8.01. The van der Waals surface area contributed by atoms with Crippen LogP contribution in [0.15, 0.2) is 24.3 Å². The van der Waals surface area contributed by atoms with Crippen molar-refractivity contribution in [2.75, 3.05) is 13.1 Å². The first kappa shape index (κ1) is 20.1. The largest absolute Gasteiger partial charge is 0.444 e. The van der Waals surface area contributed by atoms with Gasteiger partial charge in [-0.3, -0.25) is 4.79 Å². The van der Waals surface area contributed by atoms with Crippen molar-refractivity contribution >= 4 is 12.0 Å². The lowest BCUT2D eigenvalue weighted by Gasteiger charge is -2.26. The number of amides is 2. The number of likely N-dealkylation sites (tertiary alicyclic amines) is 1. The average molecular weight is 368 g/mol. The second-order valence-electron chi connectivity index (χ2n) is 7.43. The molecule has 0 unspecified atom stereocenters. The molecule has 8 heteroatoms. The highest BCUT2D eigenvalue weighted by Gasteiger charge is 2.34. The van der Waals surface area contributed by atoms with Crippen molar-refractivity contribution in [2.45, 2.75) is 51.0 Å². The van der Waals surface area contributed by atoms with Crippen molar-refractivity contribution in [3.8, 4) is 0 Å². The summed E-state index contributed by atoms with van der Waals surface area (Å²) < 4.78 is 18.5. The van der Waals surface area contributed by atoms with E-state index in [0.717, 1.165) is 6.07 Å². The van der Waals surface area contributed by atoms with Gasteiger partial charge in [0.2, 0.25) is 0 Å². The van der Waals surface area contributed by atoms with E-state index in [9.17, 15) is 24.2 Å². The zero-order valence-corrected chi connectivity index (χ0v) is 15.1. The van der Waals surface area contributed by atoms with Crippen molar-refractivity contribution in [1.29, 1.82) is 0 Å². The maximum atomic E-state index is 13.3. The third kappa shape index (κ3) is 5.67. The SMILES string of the molecule is CC(C)(C)OC(=O)N[C@@H]1C[C@@H](O)CN(C(=O)c2cccc(F)c2)C[C@H]1O. The summed E-state index contributed by atoms with van der Waals surface area (Å²) in [7, 11) is 0. The van der Waals surface area contributed by atoms with Crippen molar-refractivity contribution in [3.05, 3.63) is 35.6 Å². The number of rotatable bonds is 2. The van der Waals surface area contributed by atoms with Crippen LogP contribution in [0.3, 0.4) is 0 Å². The summed E-state index contributed by atoms with van der Waals surface area (Å²) >= 11 is 0. The molecule has 0 saturated carbocycles. The Hall–Kier alpha value is -2.19. The first-order chi connectivity index (χ1) is 12.0. The first-order valence-electron chi connectivity index (χ1n) is 8.45. The van der Waals surface area contributed by atoms with Crippen LogP contribution >= 0.6 is 0 Å². The summed E-state index contributed by atoms with van der Waals surface area (Å²) in [6, 6.07) is 4.43. The van der Waals surface area contributed by atoms with Gasteiger partial charge in [0.1, 0.15) is 11.4 Å². The summed E-state index contributed by atoms with van der Waals surface area (Å²) in [5.41, 5.74) is -0.569. The molecule has 2 rings (SSSR count). The molecule has 1 aliphatic rings. The number of nitrogens with one attached hydrogen (secondary N) is 1. The number of β-amino-alcohol motifs (C(OH)–C–C–N with tert-alkyl or cyclic N) is 2. The Morgan fingerprint density at radius 2 is 1.96 bits per heavy atom. The number of hydrogen-bond acceptors (Lipinski definition) is 5. The standard InChI is InChI=1S/C18H25FN2O5/c1-18(2,3)26-17(25)20-14-8-13(22)9-21(10-15(14)23)16(24)11-5-4-6-12(19)7-11/h4-7,13-15,22-23H,8-10H2,1-3H3,(H,20,25)/t13-,14-,15-/m1/s1. The molecule has 1 fully saturated rings. The Morgan fingerprint density at radius 1 is 1.27 bits per heavy atom. The molecule has 26 heavy (non-hydrogen) atoms. The fourth-order valence-electron chi connectivity index (χ4n) is 2.79. The van der Waals surface area contributed by atoms with Crippen LogP contribution in [0.4, 0.5) is 9.18 Å².